The van der Waals surface area contributed by atoms with E-state index in [2.05, 4.69) is 5.10 Å². The Bertz CT molecular complexity index is 650. The normalized spacial score (nSPS) is 10.5. The molecule has 0 unspecified atom stereocenters. The van der Waals surface area contributed by atoms with Crippen LogP contribution in [-0.4, -0.2) is 28.0 Å². The average Bonchev–Trinajstić information content (AvgIpc) is 2.72. The molecule has 100 valence electrons. The molecule has 0 radical (unpaired) electrons. The van der Waals surface area contributed by atoms with Crippen LogP contribution in [0.25, 0.3) is 11.3 Å². The maximum Gasteiger partial charge on any atom is 0.356 e. The first-order chi connectivity index (χ1) is 8.95. The lowest BCUT2D eigenvalue weighted by Gasteiger charge is -2.11. The lowest BCUT2D eigenvalue weighted by atomic mass is 10.0. The number of hydrogen-bond donors (Lipinski definition) is 1. The minimum absolute atomic E-state index is 0.0178. The lowest BCUT2D eigenvalue weighted by Crippen LogP contribution is -2.00. The third kappa shape index (κ3) is 2.29. The van der Waals surface area contributed by atoms with E-state index < -0.39 is 5.97 Å². The predicted octanol–water partition coefficient (Wildman–Crippen LogP) is 2.76. The summed E-state index contributed by atoms with van der Waals surface area (Å²) in [5, 5.41) is 13.4. The van der Waals surface area contributed by atoms with Gasteiger partial charge in [-0.1, -0.05) is 17.7 Å². The Morgan fingerprint density at radius 2 is 2.16 bits per heavy atom. The van der Waals surface area contributed by atoms with E-state index in [-0.39, 0.29) is 5.69 Å². The molecule has 2 rings (SSSR count). The van der Waals surface area contributed by atoms with Crippen LogP contribution in [0.2, 0.25) is 5.02 Å². The standard InChI is InChI=1S/C13H13ClN2O3/c1-7-4-5-10(19-3)12(14)11(7)9-6-8(13(17)18)15-16(9)2/h4-6H,1-3H3,(H,17,18). The molecule has 0 saturated heterocycles. The minimum atomic E-state index is -1.07. The highest BCUT2D eigenvalue weighted by Gasteiger charge is 2.18. The zero-order valence-electron chi connectivity index (χ0n) is 10.8. The van der Waals surface area contributed by atoms with Gasteiger partial charge in [0, 0.05) is 12.6 Å². The van der Waals surface area contributed by atoms with Gasteiger partial charge in [0.1, 0.15) is 5.75 Å². The van der Waals surface area contributed by atoms with Gasteiger partial charge in [-0.05, 0) is 24.6 Å². The van der Waals surface area contributed by atoms with Crippen molar-refractivity contribution in [1.82, 2.24) is 9.78 Å². The summed E-state index contributed by atoms with van der Waals surface area (Å²) in [5.74, 6) is -0.529. The number of aromatic carboxylic acids is 1. The fourth-order valence-corrected chi connectivity index (χ4v) is 2.32. The summed E-state index contributed by atoms with van der Waals surface area (Å²) in [6.45, 7) is 1.90. The molecular formula is C13H13ClN2O3. The number of benzene rings is 1. The molecule has 6 heteroatoms. The maximum atomic E-state index is 11.0. The monoisotopic (exact) mass is 280 g/mol. The van der Waals surface area contributed by atoms with E-state index in [1.165, 1.54) is 17.9 Å². The van der Waals surface area contributed by atoms with Crippen molar-refractivity contribution >= 4 is 17.6 Å². The number of methoxy groups -OCH3 is 1. The van der Waals surface area contributed by atoms with Gasteiger partial charge in [-0.15, -0.1) is 0 Å². The molecule has 0 aliphatic carbocycles. The van der Waals surface area contributed by atoms with Crippen molar-refractivity contribution in [2.24, 2.45) is 7.05 Å². The minimum Gasteiger partial charge on any atom is -0.495 e. The number of rotatable bonds is 3. The molecule has 0 aliphatic heterocycles. The number of ether oxygens (including phenoxy) is 1. The number of carbonyl (C=O) groups is 1. The van der Waals surface area contributed by atoms with E-state index in [1.807, 2.05) is 13.0 Å². The Balaban J connectivity index is 2.68. The average molecular weight is 281 g/mol. The van der Waals surface area contributed by atoms with Crippen molar-refractivity contribution in [3.05, 3.63) is 34.5 Å². The van der Waals surface area contributed by atoms with Crippen LogP contribution in [0.15, 0.2) is 18.2 Å². The summed E-state index contributed by atoms with van der Waals surface area (Å²) in [5.41, 5.74) is 2.27. The lowest BCUT2D eigenvalue weighted by molar-refractivity contribution is 0.0689. The van der Waals surface area contributed by atoms with E-state index in [0.717, 1.165) is 11.1 Å². The van der Waals surface area contributed by atoms with Gasteiger partial charge in [-0.2, -0.15) is 5.10 Å². The number of carboxylic acid groups (broad SMARTS) is 1. The van der Waals surface area contributed by atoms with E-state index in [0.29, 0.717) is 16.5 Å². The third-order valence-electron chi connectivity index (χ3n) is 2.89. The smallest absolute Gasteiger partial charge is 0.356 e. The quantitative estimate of drug-likeness (QED) is 0.939. The molecule has 0 atom stereocenters. The number of carboxylic acids is 1. The van der Waals surface area contributed by atoms with Crippen LogP contribution >= 0.6 is 11.6 Å². The first kappa shape index (κ1) is 13.4. The van der Waals surface area contributed by atoms with E-state index in [1.54, 1.807) is 13.1 Å². The van der Waals surface area contributed by atoms with Gasteiger partial charge in [0.15, 0.2) is 5.69 Å². The number of aryl methyl sites for hydroxylation is 2. The molecule has 0 saturated carbocycles. The summed E-state index contributed by atoms with van der Waals surface area (Å²) in [4.78, 5) is 11.0. The van der Waals surface area contributed by atoms with Gasteiger partial charge in [0.05, 0.1) is 17.8 Å². The Hall–Kier alpha value is -2.01. The van der Waals surface area contributed by atoms with E-state index in [4.69, 9.17) is 21.4 Å². The summed E-state index contributed by atoms with van der Waals surface area (Å²) >= 11 is 6.30. The SMILES string of the molecule is COc1ccc(C)c(-c2cc(C(=O)O)nn2C)c1Cl. The van der Waals surface area contributed by atoms with Crippen molar-refractivity contribution in [2.45, 2.75) is 6.92 Å². The summed E-state index contributed by atoms with van der Waals surface area (Å²) in [6.07, 6.45) is 0. The van der Waals surface area contributed by atoms with Gasteiger partial charge < -0.3 is 9.84 Å². The van der Waals surface area contributed by atoms with Crippen LogP contribution in [0.1, 0.15) is 16.1 Å². The van der Waals surface area contributed by atoms with E-state index in [9.17, 15) is 4.79 Å². The Labute approximate surface area is 115 Å². The number of halogens is 1. The molecule has 1 aromatic heterocycles. The van der Waals surface area contributed by atoms with Gasteiger partial charge >= 0.3 is 5.97 Å². The number of nitrogens with zero attached hydrogens (tertiary/aromatic N) is 2. The second-order valence-corrected chi connectivity index (χ2v) is 4.50. The fourth-order valence-electron chi connectivity index (χ4n) is 1.93. The zero-order chi connectivity index (χ0) is 14.2. The molecule has 0 bridgehead atoms. The molecule has 1 heterocycles. The van der Waals surface area contributed by atoms with Crippen LogP contribution in [0, 0.1) is 6.92 Å². The maximum absolute atomic E-state index is 11.0. The van der Waals surface area contributed by atoms with Gasteiger partial charge in [-0.3, -0.25) is 4.68 Å². The highest BCUT2D eigenvalue weighted by atomic mass is 35.5. The van der Waals surface area contributed by atoms with Gasteiger partial charge in [0.25, 0.3) is 0 Å². The summed E-state index contributed by atoms with van der Waals surface area (Å²) in [7, 11) is 3.21. The summed E-state index contributed by atoms with van der Waals surface area (Å²) in [6, 6.07) is 5.14. The van der Waals surface area contributed by atoms with Gasteiger partial charge in [-0.25, -0.2) is 4.79 Å². The molecular weight excluding hydrogens is 268 g/mol. The predicted molar refractivity (Wildman–Crippen MR) is 71.9 cm³/mol. The van der Waals surface area contributed by atoms with Crippen LogP contribution in [0.4, 0.5) is 0 Å². The molecule has 0 spiro atoms. The van der Waals surface area contributed by atoms with Crippen LogP contribution in [0.5, 0.6) is 5.75 Å². The van der Waals surface area contributed by atoms with Crippen LogP contribution in [-0.2, 0) is 7.05 Å². The highest BCUT2D eigenvalue weighted by molar-refractivity contribution is 6.35. The fraction of sp³-hybridized carbons (Fsp3) is 0.231. The van der Waals surface area contributed by atoms with Crippen LogP contribution in [0.3, 0.4) is 0 Å². The second kappa shape index (κ2) is 4.93. The van der Waals surface area contributed by atoms with Crippen molar-refractivity contribution in [1.29, 1.82) is 0 Å². The molecule has 1 aromatic carbocycles. The highest BCUT2D eigenvalue weighted by Crippen LogP contribution is 2.37. The topological polar surface area (TPSA) is 64.3 Å². The molecule has 5 nitrogen and oxygen atoms in total. The summed E-state index contributed by atoms with van der Waals surface area (Å²) < 4.78 is 6.68. The Morgan fingerprint density at radius 1 is 1.47 bits per heavy atom. The molecule has 0 amide bonds. The first-order valence-corrected chi connectivity index (χ1v) is 5.94. The van der Waals surface area contributed by atoms with E-state index >= 15 is 0 Å². The van der Waals surface area contributed by atoms with Crippen molar-refractivity contribution in [2.75, 3.05) is 7.11 Å². The number of hydrogen-bond acceptors (Lipinski definition) is 3. The van der Waals surface area contributed by atoms with Crippen molar-refractivity contribution in [3.8, 4) is 17.0 Å². The first-order valence-electron chi connectivity index (χ1n) is 5.56. The second-order valence-electron chi connectivity index (χ2n) is 4.12. The molecule has 0 fully saturated rings. The largest absolute Gasteiger partial charge is 0.495 e. The van der Waals surface area contributed by atoms with Crippen molar-refractivity contribution in [3.63, 3.8) is 0 Å². The molecule has 0 aliphatic rings. The third-order valence-corrected chi connectivity index (χ3v) is 3.27. The van der Waals surface area contributed by atoms with Crippen LogP contribution < -0.4 is 4.74 Å². The number of aromatic nitrogens is 2. The van der Waals surface area contributed by atoms with Crippen molar-refractivity contribution < 1.29 is 14.6 Å². The Morgan fingerprint density at radius 3 is 2.68 bits per heavy atom. The molecule has 2 aromatic rings. The molecule has 1 N–H and O–H groups in total. The Kier molecular flexibility index (Phi) is 3.48. The van der Waals surface area contributed by atoms with Gasteiger partial charge in [0.2, 0.25) is 0 Å². The molecule has 19 heavy (non-hydrogen) atoms. The zero-order valence-corrected chi connectivity index (χ0v) is 11.5.